The third-order valence-corrected chi connectivity index (χ3v) is 4.12. The standard InChI is InChI=1S/C17H21NOS/c1-13(16-6-4-5-7-17(16)19-2)18-12-14-8-10-15(20-3)11-9-14/h4-11,13,18H,12H2,1-3H3. The molecule has 0 saturated heterocycles. The summed E-state index contributed by atoms with van der Waals surface area (Å²) in [6.45, 7) is 3.02. The summed E-state index contributed by atoms with van der Waals surface area (Å²) in [6.07, 6.45) is 2.09. The van der Waals surface area contributed by atoms with Crippen LogP contribution in [0, 0.1) is 0 Å². The fraction of sp³-hybridized carbons (Fsp3) is 0.294. The number of thioether (sulfide) groups is 1. The van der Waals surface area contributed by atoms with Gasteiger partial charge in [-0.05, 0) is 36.9 Å². The van der Waals surface area contributed by atoms with Crippen LogP contribution in [0.2, 0.25) is 0 Å². The Balaban J connectivity index is 1.98. The summed E-state index contributed by atoms with van der Waals surface area (Å²) in [4.78, 5) is 1.30. The largest absolute Gasteiger partial charge is 0.496 e. The lowest BCUT2D eigenvalue weighted by molar-refractivity contribution is 0.401. The van der Waals surface area contributed by atoms with E-state index in [1.165, 1.54) is 16.0 Å². The molecule has 0 saturated carbocycles. The number of rotatable bonds is 6. The average molecular weight is 287 g/mol. The van der Waals surface area contributed by atoms with E-state index in [0.29, 0.717) is 0 Å². The van der Waals surface area contributed by atoms with Crippen molar-refractivity contribution in [1.82, 2.24) is 5.32 Å². The molecule has 0 fully saturated rings. The van der Waals surface area contributed by atoms with E-state index in [9.17, 15) is 0 Å². The summed E-state index contributed by atoms with van der Waals surface area (Å²) in [5.41, 5.74) is 2.49. The van der Waals surface area contributed by atoms with Crippen molar-refractivity contribution < 1.29 is 4.74 Å². The smallest absolute Gasteiger partial charge is 0.123 e. The molecule has 3 heteroatoms. The molecule has 2 nitrogen and oxygen atoms in total. The highest BCUT2D eigenvalue weighted by molar-refractivity contribution is 7.98. The molecule has 2 rings (SSSR count). The summed E-state index contributed by atoms with van der Waals surface area (Å²) >= 11 is 1.77. The summed E-state index contributed by atoms with van der Waals surface area (Å²) in [7, 11) is 1.71. The Morgan fingerprint density at radius 3 is 2.45 bits per heavy atom. The highest BCUT2D eigenvalue weighted by Gasteiger charge is 2.09. The van der Waals surface area contributed by atoms with Gasteiger partial charge in [0.05, 0.1) is 7.11 Å². The minimum atomic E-state index is 0.256. The van der Waals surface area contributed by atoms with Crippen molar-refractivity contribution in [1.29, 1.82) is 0 Å². The van der Waals surface area contributed by atoms with Gasteiger partial charge in [0.2, 0.25) is 0 Å². The zero-order chi connectivity index (χ0) is 14.4. The quantitative estimate of drug-likeness (QED) is 0.802. The van der Waals surface area contributed by atoms with E-state index in [1.54, 1.807) is 18.9 Å². The second-order valence-electron chi connectivity index (χ2n) is 4.69. The van der Waals surface area contributed by atoms with Gasteiger partial charge in [0.25, 0.3) is 0 Å². The van der Waals surface area contributed by atoms with Crippen molar-refractivity contribution in [2.24, 2.45) is 0 Å². The number of para-hydroxylation sites is 1. The van der Waals surface area contributed by atoms with Gasteiger partial charge in [0.1, 0.15) is 5.75 Å². The first-order valence-electron chi connectivity index (χ1n) is 6.74. The molecule has 1 atom stereocenters. The van der Waals surface area contributed by atoms with Gasteiger partial charge in [0.15, 0.2) is 0 Å². The van der Waals surface area contributed by atoms with E-state index in [2.05, 4.69) is 48.8 Å². The van der Waals surface area contributed by atoms with Gasteiger partial charge in [-0.1, -0.05) is 30.3 Å². The molecule has 1 unspecified atom stereocenters. The molecule has 106 valence electrons. The number of benzene rings is 2. The van der Waals surface area contributed by atoms with E-state index in [1.807, 2.05) is 18.2 Å². The van der Waals surface area contributed by atoms with Crippen LogP contribution in [0.4, 0.5) is 0 Å². The van der Waals surface area contributed by atoms with Crippen molar-refractivity contribution in [3.63, 3.8) is 0 Å². The molecule has 0 aromatic heterocycles. The van der Waals surface area contributed by atoms with E-state index in [4.69, 9.17) is 4.74 Å². The van der Waals surface area contributed by atoms with E-state index in [0.717, 1.165) is 12.3 Å². The lowest BCUT2D eigenvalue weighted by Crippen LogP contribution is -2.18. The highest BCUT2D eigenvalue weighted by atomic mass is 32.2. The van der Waals surface area contributed by atoms with Crippen molar-refractivity contribution in [2.45, 2.75) is 24.4 Å². The molecule has 0 bridgehead atoms. The summed E-state index contributed by atoms with van der Waals surface area (Å²) < 4.78 is 5.41. The Morgan fingerprint density at radius 2 is 1.80 bits per heavy atom. The lowest BCUT2D eigenvalue weighted by Gasteiger charge is -2.17. The molecule has 1 N–H and O–H groups in total. The predicted octanol–water partition coefficient (Wildman–Crippen LogP) is 4.27. The van der Waals surface area contributed by atoms with E-state index in [-0.39, 0.29) is 6.04 Å². The number of hydrogen-bond acceptors (Lipinski definition) is 3. The molecular weight excluding hydrogens is 266 g/mol. The van der Waals surface area contributed by atoms with Gasteiger partial charge in [-0.15, -0.1) is 11.8 Å². The Labute approximate surface area is 125 Å². The van der Waals surface area contributed by atoms with Gasteiger partial charge in [-0.25, -0.2) is 0 Å². The van der Waals surface area contributed by atoms with Crippen molar-refractivity contribution in [3.05, 3.63) is 59.7 Å². The van der Waals surface area contributed by atoms with Gasteiger partial charge in [-0.3, -0.25) is 0 Å². The topological polar surface area (TPSA) is 21.3 Å². The van der Waals surface area contributed by atoms with Crippen molar-refractivity contribution >= 4 is 11.8 Å². The molecule has 0 aliphatic heterocycles. The van der Waals surface area contributed by atoms with Gasteiger partial charge in [-0.2, -0.15) is 0 Å². The number of ether oxygens (including phenoxy) is 1. The maximum Gasteiger partial charge on any atom is 0.123 e. The van der Waals surface area contributed by atoms with Crippen LogP contribution in [0.1, 0.15) is 24.1 Å². The zero-order valence-corrected chi connectivity index (χ0v) is 13.0. The molecule has 2 aromatic rings. The lowest BCUT2D eigenvalue weighted by atomic mass is 10.1. The fourth-order valence-electron chi connectivity index (χ4n) is 2.15. The minimum absolute atomic E-state index is 0.256. The molecule has 2 aromatic carbocycles. The van der Waals surface area contributed by atoms with Gasteiger partial charge in [0, 0.05) is 23.0 Å². The van der Waals surface area contributed by atoms with Crippen LogP contribution in [0.3, 0.4) is 0 Å². The molecular formula is C17H21NOS. The molecule has 0 heterocycles. The maximum atomic E-state index is 5.41. The predicted molar refractivity (Wildman–Crippen MR) is 86.5 cm³/mol. The van der Waals surface area contributed by atoms with Gasteiger partial charge >= 0.3 is 0 Å². The zero-order valence-electron chi connectivity index (χ0n) is 12.2. The second-order valence-corrected chi connectivity index (χ2v) is 5.57. The first-order valence-corrected chi connectivity index (χ1v) is 7.96. The maximum absolute atomic E-state index is 5.41. The SMILES string of the molecule is COc1ccccc1C(C)NCc1ccc(SC)cc1. The Bertz CT molecular complexity index is 539. The Morgan fingerprint density at radius 1 is 1.10 bits per heavy atom. The molecule has 0 radical (unpaired) electrons. The Hall–Kier alpha value is -1.45. The van der Waals surface area contributed by atoms with Crippen LogP contribution in [-0.2, 0) is 6.54 Å². The van der Waals surface area contributed by atoms with E-state index < -0.39 is 0 Å². The highest BCUT2D eigenvalue weighted by Crippen LogP contribution is 2.24. The van der Waals surface area contributed by atoms with Crippen LogP contribution in [0.5, 0.6) is 5.75 Å². The first-order chi connectivity index (χ1) is 9.74. The molecule has 0 spiro atoms. The van der Waals surface area contributed by atoms with Crippen LogP contribution >= 0.6 is 11.8 Å². The molecule has 0 amide bonds. The van der Waals surface area contributed by atoms with Crippen molar-refractivity contribution in [3.8, 4) is 5.75 Å². The molecule has 0 aliphatic carbocycles. The van der Waals surface area contributed by atoms with E-state index >= 15 is 0 Å². The summed E-state index contributed by atoms with van der Waals surface area (Å²) in [6, 6.07) is 17.1. The van der Waals surface area contributed by atoms with Crippen LogP contribution < -0.4 is 10.1 Å². The third kappa shape index (κ3) is 3.78. The number of methoxy groups -OCH3 is 1. The normalized spacial score (nSPS) is 12.2. The molecule has 0 aliphatic rings. The third-order valence-electron chi connectivity index (χ3n) is 3.38. The summed E-state index contributed by atoms with van der Waals surface area (Å²) in [5, 5.41) is 3.54. The fourth-order valence-corrected chi connectivity index (χ4v) is 2.56. The second kappa shape index (κ2) is 7.36. The van der Waals surface area contributed by atoms with Crippen LogP contribution in [-0.4, -0.2) is 13.4 Å². The monoisotopic (exact) mass is 287 g/mol. The van der Waals surface area contributed by atoms with Crippen molar-refractivity contribution in [2.75, 3.05) is 13.4 Å². The minimum Gasteiger partial charge on any atom is -0.496 e. The Kier molecular flexibility index (Phi) is 5.50. The number of hydrogen-bond donors (Lipinski definition) is 1. The van der Waals surface area contributed by atoms with Crippen LogP contribution in [0.15, 0.2) is 53.4 Å². The first kappa shape index (κ1) is 14.9. The van der Waals surface area contributed by atoms with Gasteiger partial charge < -0.3 is 10.1 Å². The van der Waals surface area contributed by atoms with Crippen LogP contribution in [0.25, 0.3) is 0 Å². The average Bonchev–Trinajstić information content (AvgIpc) is 2.53. The molecule has 20 heavy (non-hydrogen) atoms. The summed E-state index contributed by atoms with van der Waals surface area (Å²) in [5.74, 6) is 0.935. The number of nitrogens with one attached hydrogen (secondary N) is 1.